The van der Waals surface area contributed by atoms with E-state index in [-0.39, 0.29) is 17.6 Å². The second-order valence-corrected chi connectivity index (χ2v) is 8.10. The van der Waals surface area contributed by atoms with Gasteiger partial charge in [-0.25, -0.2) is 0 Å². The molecular formula is C19H22O4S. The molecule has 0 aromatic heterocycles. The Balaban J connectivity index is 1.68. The van der Waals surface area contributed by atoms with Gasteiger partial charge in [-0.15, -0.1) is 0 Å². The molecule has 2 aromatic carbocycles. The maximum Gasteiger partial charge on any atom is 0.297 e. The second kappa shape index (κ2) is 6.57. The molecule has 3 rings (SSSR count). The van der Waals surface area contributed by atoms with Crippen LogP contribution in [-0.2, 0) is 20.7 Å². The predicted octanol–water partition coefficient (Wildman–Crippen LogP) is 3.83. The smallest absolute Gasteiger partial charge is 0.297 e. The van der Waals surface area contributed by atoms with Gasteiger partial charge in [0.25, 0.3) is 10.1 Å². The number of hydrogen-bond acceptors (Lipinski definition) is 4. The molecule has 0 saturated heterocycles. The van der Waals surface area contributed by atoms with Crippen molar-refractivity contribution >= 4 is 10.1 Å². The Morgan fingerprint density at radius 1 is 1.17 bits per heavy atom. The van der Waals surface area contributed by atoms with Gasteiger partial charge in [-0.05, 0) is 36.1 Å². The Hall–Kier alpha value is -1.85. The zero-order chi connectivity index (χ0) is 17.3. The molecule has 0 saturated carbocycles. The summed E-state index contributed by atoms with van der Waals surface area (Å²) < 4.78 is 35.7. The van der Waals surface area contributed by atoms with Gasteiger partial charge in [0.15, 0.2) is 0 Å². The molecule has 128 valence electrons. The lowest BCUT2D eigenvalue weighted by atomic mass is 9.99. The normalized spacial score (nSPS) is 16.9. The van der Waals surface area contributed by atoms with E-state index in [2.05, 4.69) is 19.9 Å². The summed E-state index contributed by atoms with van der Waals surface area (Å²) in [5, 5.41) is 0. The molecule has 0 radical (unpaired) electrons. The summed E-state index contributed by atoms with van der Waals surface area (Å²) >= 11 is 0. The third-order valence-electron chi connectivity index (χ3n) is 4.20. The first-order valence-corrected chi connectivity index (χ1v) is 9.52. The molecule has 0 bridgehead atoms. The van der Waals surface area contributed by atoms with Crippen LogP contribution in [0, 0.1) is 6.92 Å². The highest BCUT2D eigenvalue weighted by molar-refractivity contribution is 7.86. The topological polar surface area (TPSA) is 52.6 Å². The molecule has 2 aromatic rings. The molecule has 0 spiro atoms. The SMILES string of the molecule is Cc1ccc(S(=O)(=O)OCC2Cc3cccc(C(C)C)c3O2)cc1. The van der Waals surface area contributed by atoms with Crippen LogP contribution in [0.15, 0.2) is 47.4 Å². The fourth-order valence-corrected chi connectivity index (χ4v) is 3.79. The van der Waals surface area contributed by atoms with Gasteiger partial charge in [0.1, 0.15) is 18.5 Å². The van der Waals surface area contributed by atoms with Crippen LogP contribution in [-0.4, -0.2) is 21.1 Å². The van der Waals surface area contributed by atoms with E-state index in [1.165, 1.54) is 0 Å². The molecule has 1 aliphatic rings. The van der Waals surface area contributed by atoms with E-state index in [1.807, 2.05) is 19.1 Å². The van der Waals surface area contributed by atoms with Gasteiger partial charge in [-0.3, -0.25) is 4.18 Å². The van der Waals surface area contributed by atoms with Crippen LogP contribution in [0.25, 0.3) is 0 Å². The van der Waals surface area contributed by atoms with Crippen LogP contribution in [0.1, 0.15) is 36.5 Å². The highest BCUT2D eigenvalue weighted by Gasteiger charge is 2.28. The first-order chi connectivity index (χ1) is 11.4. The average Bonchev–Trinajstić information content (AvgIpc) is 2.96. The van der Waals surface area contributed by atoms with E-state index in [9.17, 15) is 8.42 Å². The quantitative estimate of drug-likeness (QED) is 0.772. The molecule has 4 nitrogen and oxygen atoms in total. The van der Waals surface area contributed by atoms with Gasteiger partial charge >= 0.3 is 0 Å². The van der Waals surface area contributed by atoms with Crippen molar-refractivity contribution < 1.29 is 17.3 Å². The number of fused-ring (bicyclic) bond motifs is 1. The van der Waals surface area contributed by atoms with E-state index in [1.54, 1.807) is 24.3 Å². The molecule has 0 aliphatic carbocycles. The molecule has 1 atom stereocenters. The highest BCUT2D eigenvalue weighted by atomic mass is 32.2. The zero-order valence-electron chi connectivity index (χ0n) is 14.2. The van der Waals surface area contributed by atoms with E-state index in [0.717, 1.165) is 22.4 Å². The first kappa shape index (κ1) is 17.0. The maximum atomic E-state index is 12.3. The lowest BCUT2D eigenvalue weighted by Gasteiger charge is -2.14. The fraction of sp³-hybridized carbons (Fsp3) is 0.368. The van der Waals surface area contributed by atoms with Gasteiger partial charge in [0.05, 0.1) is 4.90 Å². The Bertz CT molecular complexity index is 823. The maximum absolute atomic E-state index is 12.3. The van der Waals surface area contributed by atoms with E-state index >= 15 is 0 Å². The van der Waals surface area contributed by atoms with Crippen molar-refractivity contribution in [2.75, 3.05) is 6.61 Å². The molecule has 0 fully saturated rings. The standard InChI is InChI=1S/C19H22O4S/c1-13(2)18-6-4-5-15-11-16(23-19(15)18)12-22-24(20,21)17-9-7-14(3)8-10-17/h4-10,13,16H,11-12H2,1-3H3. The van der Waals surface area contributed by atoms with Crippen molar-refractivity contribution in [3.8, 4) is 5.75 Å². The average molecular weight is 346 g/mol. The van der Waals surface area contributed by atoms with E-state index in [4.69, 9.17) is 8.92 Å². The Morgan fingerprint density at radius 3 is 2.54 bits per heavy atom. The molecule has 0 N–H and O–H groups in total. The minimum atomic E-state index is -3.76. The Morgan fingerprint density at radius 2 is 1.88 bits per heavy atom. The van der Waals surface area contributed by atoms with Crippen molar-refractivity contribution in [3.05, 3.63) is 59.2 Å². The number of rotatable bonds is 5. The minimum Gasteiger partial charge on any atom is -0.487 e. The third-order valence-corrected chi connectivity index (χ3v) is 5.50. The number of ether oxygens (including phenoxy) is 1. The lowest BCUT2D eigenvalue weighted by molar-refractivity contribution is 0.151. The number of para-hydroxylation sites is 1. The van der Waals surface area contributed by atoms with Crippen LogP contribution in [0.5, 0.6) is 5.75 Å². The third kappa shape index (κ3) is 3.47. The number of benzene rings is 2. The summed E-state index contributed by atoms with van der Waals surface area (Å²) in [5.74, 6) is 1.24. The van der Waals surface area contributed by atoms with Crippen LogP contribution in [0.4, 0.5) is 0 Å². The zero-order valence-corrected chi connectivity index (χ0v) is 15.0. The summed E-state index contributed by atoms with van der Waals surface area (Å²) in [7, 11) is -3.76. The van der Waals surface area contributed by atoms with Gasteiger partial charge in [-0.2, -0.15) is 8.42 Å². The van der Waals surface area contributed by atoms with Gasteiger partial charge in [0.2, 0.25) is 0 Å². The molecule has 0 amide bonds. The summed E-state index contributed by atoms with van der Waals surface area (Å²) in [6.07, 6.45) is 0.388. The molecule has 5 heteroatoms. The van der Waals surface area contributed by atoms with Crippen molar-refractivity contribution in [1.29, 1.82) is 0 Å². The molecule has 24 heavy (non-hydrogen) atoms. The minimum absolute atomic E-state index is 0.0163. The van der Waals surface area contributed by atoms with Crippen LogP contribution in [0.2, 0.25) is 0 Å². The van der Waals surface area contributed by atoms with E-state index < -0.39 is 10.1 Å². The summed E-state index contributed by atoms with van der Waals surface area (Å²) in [4.78, 5) is 0.173. The van der Waals surface area contributed by atoms with Crippen LogP contribution < -0.4 is 4.74 Å². The number of hydrogen-bond donors (Lipinski definition) is 0. The van der Waals surface area contributed by atoms with Crippen molar-refractivity contribution in [1.82, 2.24) is 0 Å². The van der Waals surface area contributed by atoms with Crippen molar-refractivity contribution in [3.63, 3.8) is 0 Å². The monoisotopic (exact) mass is 346 g/mol. The van der Waals surface area contributed by atoms with E-state index in [0.29, 0.717) is 12.3 Å². The Kier molecular flexibility index (Phi) is 4.65. The second-order valence-electron chi connectivity index (χ2n) is 6.49. The largest absolute Gasteiger partial charge is 0.487 e. The first-order valence-electron chi connectivity index (χ1n) is 8.11. The van der Waals surface area contributed by atoms with Gasteiger partial charge < -0.3 is 4.74 Å². The van der Waals surface area contributed by atoms with Gasteiger partial charge in [-0.1, -0.05) is 49.7 Å². The van der Waals surface area contributed by atoms with Crippen molar-refractivity contribution in [2.24, 2.45) is 0 Å². The summed E-state index contributed by atoms with van der Waals surface area (Å²) in [6.45, 7) is 6.16. The summed E-state index contributed by atoms with van der Waals surface area (Å²) in [5.41, 5.74) is 3.27. The van der Waals surface area contributed by atoms with Crippen LogP contribution >= 0.6 is 0 Å². The van der Waals surface area contributed by atoms with Crippen molar-refractivity contribution in [2.45, 2.75) is 44.1 Å². The predicted molar refractivity (Wildman–Crippen MR) is 93.0 cm³/mol. The Labute approximate surface area is 143 Å². The number of aryl methyl sites for hydroxylation is 1. The fourth-order valence-electron chi connectivity index (χ4n) is 2.85. The van der Waals surface area contributed by atoms with Crippen LogP contribution in [0.3, 0.4) is 0 Å². The molecule has 1 heterocycles. The van der Waals surface area contributed by atoms with Gasteiger partial charge in [0, 0.05) is 6.42 Å². The summed E-state index contributed by atoms with van der Waals surface area (Å²) in [6, 6.07) is 12.7. The highest BCUT2D eigenvalue weighted by Crippen LogP contribution is 2.36. The molecular weight excluding hydrogens is 324 g/mol. The lowest BCUT2D eigenvalue weighted by Crippen LogP contribution is -2.23. The molecule has 1 unspecified atom stereocenters. The molecule has 1 aliphatic heterocycles.